The summed E-state index contributed by atoms with van der Waals surface area (Å²) in [6, 6.07) is 20.3. The monoisotopic (exact) mass is 1220 g/mol. The number of morpholine rings is 1. The summed E-state index contributed by atoms with van der Waals surface area (Å²) in [6.45, 7) is 56.1. The van der Waals surface area contributed by atoms with E-state index in [4.69, 9.17) is 18.9 Å². The number of likely N-dealkylation sites (tertiary alicyclic amines) is 2. The van der Waals surface area contributed by atoms with E-state index < -0.39 is 5.60 Å². The topological polar surface area (TPSA) is 86.3 Å². The third-order valence-electron chi connectivity index (χ3n) is 13.7. The van der Waals surface area contributed by atoms with Crippen LogP contribution in [-0.2, 0) is 42.2 Å². The maximum absolute atomic E-state index is 11.7. The maximum Gasteiger partial charge on any atom is 0.342 e. The molecule has 13 heteroatoms. The molecule has 2 unspecified atom stereocenters. The number of hydrogen-bond donors (Lipinski definition) is 0. The average molecular weight is 1220 g/mol. The van der Waals surface area contributed by atoms with E-state index in [-0.39, 0.29) is 38.7 Å². The molecule has 3 aromatic rings. The summed E-state index contributed by atoms with van der Waals surface area (Å²) in [5, 5.41) is 0. The first-order chi connectivity index (χ1) is 37.7. The van der Waals surface area contributed by atoms with Gasteiger partial charge in [-0.1, -0.05) is 128 Å². The van der Waals surface area contributed by atoms with Crippen molar-refractivity contribution in [3.8, 4) is 11.5 Å². The van der Waals surface area contributed by atoms with Crippen LogP contribution in [0.2, 0.25) is 0 Å². The van der Waals surface area contributed by atoms with Gasteiger partial charge in [0.25, 0.3) is 0 Å². The molecular formula is C69H122N7O5Y-. The average Bonchev–Trinajstić information content (AvgIpc) is 3.46. The number of methoxy groups -OCH3 is 2. The Balaban J connectivity index is 0.000000500. The number of carbonyl (C=O) groups excluding carboxylic acids is 1. The minimum absolute atomic E-state index is 0. The molecule has 82 heavy (non-hydrogen) atoms. The molecule has 5 heterocycles. The first-order valence-corrected chi connectivity index (χ1v) is 30.7. The Bertz CT molecular complexity index is 2090. The van der Waals surface area contributed by atoms with E-state index in [1.54, 1.807) is 25.3 Å². The number of ether oxygens (including phenoxy) is 4. The van der Waals surface area contributed by atoms with E-state index in [1.165, 1.54) is 116 Å². The number of carbonyl (C=O) groups is 1. The molecule has 1 radical (unpaired) electrons. The molecule has 2 aromatic carbocycles. The molecule has 467 valence electrons. The Hall–Kier alpha value is -2.52. The van der Waals surface area contributed by atoms with Gasteiger partial charge in [0.05, 0.1) is 27.4 Å². The number of piperazine rings is 1. The zero-order chi connectivity index (χ0) is 61.0. The van der Waals surface area contributed by atoms with Crippen molar-refractivity contribution in [1.29, 1.82) is 0 Å². The molecule has 0 amide bonds. The van der Waals surface area contributed by atoms with Crippen molar-refractivity contribution in [2.75, 3.05) is 140 Å². The number of para-hydroxylation sites is 1. The van der Waals surface area contributed by atoms with Gasteiger partial charge in [-0.15, -0.1) is 6.54 Å². The van der Waals surface area contributed by atoms with Gasteiger partial charge >= 0.3 is 5.97 Å². The first kappa shape index (κ1) is 77.5. The van der Waals surface area contributed by atoms with Crippen molar-refractivity contribution in [3.63, 3.8) is 0 Å². The van der Waals surface area contributed by atoms with E-state index in [0.717, 1.165) is 38.6 Å². The molecule has 4 aliphatic heterocycles. The van der Waals surface area contributed by atoms with Crippen LogP contribution in [0.3, 0.4) is 0 Å². The number of aromatic nitrogens is 1. The van der Waals surface area contributed by atoms with Gasteiger partial charge in [-0.05, 0) is 149 Å². The molecule has 4 saturated heterocycles. The second-order valence-electron chi connectivity index (χ2n) is 29.4. The normalized spacial score (nSPS) is 18.4. The van der Waals surface area contributed by atoms with Crippen molar-refractivity contribution >= 4 is 5.97 Å². The Kier molecular flexibility index (Phi) is 36.5. The fourth-order valence-corrected chi connectivity index (χ4v) is 10.9. The summed E-state index contributed by atoms with van der Waals surface area (Å²) in [5.41, 5.74) is 4.56. The van der Waals surface area contributed by atoms with Crippen molar-refractivity contribution < 1.29 is 56.5 Å². The fourth-order valence-electron chi connectivity index (χ4n) is 10.9. The smallest absolute Gasteiger partial charge is 0.342 e. The van der Waals surface area contributed by atoms with Crippen molar-refractivity contribution in [2.24, 2.45) is 27.6 Å². The van der Waals surface area contributed by atoms with Crippen LogP contribution in [0.4, 0.5) is 0 Å². The van der Waals surface area contributed by atoms with Gasteiger partial charge < -0.3 is 49.9 Å². The standard InChI is InChI=1S/C15H24N2.C15H23NO2.C12H16O3.C10H22N2.C10H20N.C7H17N.Y/c1-15(2,3)12-17-10-4-5-14(11-17)13-6-8-16-9-7-13;1-12(2)15(16-8-10-18-11-9-16)13-4-6-14(17-3)7-5-13;1-12(2,3)15-11(13)9-7-5-6-8-10(9)14-4;1-10(2,3)9-12-7-5-11(4)6-8-12;1-10(2,3)9-11-7-5-4-6-8-11;1-7(2,3)6-8(4)5;/h6-9,14H,4-5,10-12H2,1-3H3;4-7,12,15H,8-11H2,1-3H3;5-8H,1-4H3;5-9H2,1-4H3;5H,4,6-9H2,1-3H3;6H2,1-5H3;/q;;;;-1;;. The van der Waals surface area contributed by atoms with E-state index in [0.29, 0.717) is 50.9 Å². The largest absolute Gasteiger partial charge is 0.497 e. The quantitative estimate of drug-likeness (QED) is 0.135. The molecule has 7 rings (SSSR count). The predicted octanol–water partition coefficient (Wildman–Crippen LogP) is 13.9. The number of hydrogen-bond acceptors (Lipinski definition) is 12. The molecule has 4 fully saturated rings. The molecule has 2 atom stereocenters. The van der Waals surface area contributed by atoms with Crippen LogP contribution in [0.5, 0.6) is 11.5 Å². The van der Waals surface area contributed by atoms with Crippen LogP contribution in [0.15, 0.2) is 73.1 Å². The third-order valence-corrected chi connectivity index (χ3v) is 13.7. The van der Waals surface area contributed by atoms with E-state index in [9.17, 15) is 4.79 Å². The van der Waals surface area contributed by atoms with Gasteiger partial charge in [0, 0.05) is 123 Å². The third kappa shape index (κ3) is 36.5. The molecule has 0 aliphatic carbocycles. The Morgan fingerprint density at radius 2 is 1.21 bits per heavy atom. The first-order valence-electron chi connectivity index (χ1n) is 30.7. The maximum atomic E-state index is 11.7. The zero-order valence-electron chi connectivity index (χ0n) is 56.6. The molecule has 1 aromatic heterocycles. The van der Waals surface area contributed by atoms with Crippen LogP contribution in [0, 0.1) is 34.0 Å². The second-order valence-corrected chi connectivity index (χ2v) is 29.4. The van der Waals surface area contributed by atoms with Gasteiger partial charge in [0.1, 0.15) is 22.7 Å². The second kappa shape index (κ2) is 38.6. The zero-order valence-corrected chi connectivity index (χ0v) is 59.5. The minimum Gasteiger partial charge on any atom is -0.497 e. The van der Waals surface area contributed by atoms with Crippen LogP contribution in [0.25, 0.3) is 0 Å². The molecule has 0 spiro atoms. The van der Waals surface area contributed by atoms with Gasteiger partial charge in [0.15, 0.2) is 0 Å². The minimum atomic E-state index is -0.488. The number of likely N-dealkylation sites (N-methyl/N-ethyl adjacent to an activating group) is 1. The Labute approximate surface area is 529 Å². The number of esters is 1. The molecule has 0 saturated carbocycles. The van der Waals surface area contributed by atoms with Gasteiger partial charge in [0.2, 0.25) is 0 Å². The predicted molar refractivity (Wildman–Crippen MR) is 344 cm³/mol. The summed E-state index contributed by atoms with van der Waals surface area (Å²) in [5.74, 6) is 2.39. The Morgan fingerprint density at radius 3 is 1.67 bits per heavy atom. The van der Waals surface area contributed by atoms with Crippen LogP contribution >= 0.6 is 0 Å². The molecule has 12 nitrogen and oxygen atoms in total. The number of benzene rings is 2. The van der Waals surface area contributed by atoms with Gasteiger partial charge in [-0.25, -0.2) is 4.79 Å². The van der Waals surface area contributed by atoms with Crippen molar-refractivity contribution in [2.45, 2.75) is 161 Å². The number of rotatable bonds is 11. The number of piperidine rings is 2. The summed E-state index contributed by atoms with van der Waals surface area (Å²) in [6.07, 6.45) is 11.6. The summed E-state index contributed by atoms with van der Waals surface area (Å²) >= 11 is 0. The molecule has 0 bridgehead atoms. The van der Waals surface area contributed by atoms with Gasteiger partial charge in [-0.3, -0.25) is 9.88 Å². The molecule has 4 aliphatic rings. The van der Waals surface area contributed by atoms with Crippen LogP contribution in [-0.4, -0.2) is 186 Å². The van der Waals surface area contributed by atoms with Crippen molar-refractivity contribution in [3.05, 3.63) is 96.2 Å². The van der Waals surface area contributed by atoms with E-state index in [1.807, 2.05) is 51.4 Å². The van der Waals surface area contributed by atoms with Crippen molar-refractivity contribution in [1.82, 2.24) is 34.4 Å². The van der Waals surface area contributed by atoms with Crippen LogP contribution < -0.4 is 9.47 Å². The van der Waals surface area contributed by atoms with Crippen LogP contribution in [0.1, 0.15) is 177 Å². The van der Waals surface area contributed by atoms with E-state index in [2.05, 4.69) is 183 Å². The molecule has 0 N–H and O–H groups in total. The summed E-state index contributed by atoms with van der Waals surface area (Å²) in [7, 11) is 9.64. The molecular weight excluding hydrogens is 1100 g/mol. The SMILES string of the molecule is CC(C)(C)CN1CCCC(c2ccncc2)C1.CC(C)(C)CN1C[CH-]CCC1.CN(C)CC(C)(C)C.CN1CCN(CC(C)(C)C)CC1.COc1ccc(C(C(C)C)N2CCOCC2)cc1.COc1ccccc1C(=O)OC(C)(C)C.[Y]. The van der Waals surface area contributed by atoms with Gasteiger partial charge in [-0.2, -0.15) is 6.42 Å². The Morgan fingerprint density at radius 1 is 0.671 bits per heavy atom. The van der Waals surface area contributed by atoms with E-state index >= 15 is 0 Å². The number of pyridine rings is 1. The number of nitrogens with zero attached hydrogens (tertiary/aromatic N) is 7. The summed E-state index contributed by atoms with van der Waals surface area (Å²) in [4.78, 5) is 30.7. The fraction of sp³-hybridized carbons (Fsp3) is 0.725. The summed E-state index contributed by atoms with van der Waals surface area (Å²) < 4.78 is 21.0.